The second kappa shape index (κ2) is 9.11. The third kappa shape index (κ3) is 4.69. The van der Waals surface area contributed by atoms with E-state index in [1.165, 1.54) is 16.7 Å². The Balaban J connectivity index is 1.19. The molecule has 0 aliphatic carbocycles. The van der Waals surface area contributed by atoms with Crippen LogP contribution in [0.5, 0.6) is 0 Å². The van der Waals surface area contributed by atoms with Crippen molar-refractivity contribution in [2.24, 2.45) is 5.92 Å². The number of benzene rings is 2. The van der Waals surface area contributed by atoms with Crippen molar-refractivity contribution in [2.45, 2.75) is 38.3 Å². The van der Waals surface area contributed by atoms with E-state index in [1.54, 1.807) is 0 Å². The summed E-state index contributed by atoms with van der Waals surface area (Å²) in [5.74, 6) is 0.623. The summed E-state index contributed by atoms with van der Waals surface area (Å²) in [6, 6.07) is 14.9. The van der Waals surface area contributed by atoms with Gasteiger partial charge in [0, 0.05) is 51.5 Å². The van der Waals surface area contributed by atoms with Gasteiger partial charge < -0.3 is 14.7 Å². The lowest BCUT2D eigenvalue weighted by atomic mass is 9.92. The van der Waals surface area contributed by atoms with E-state index >= 15 is 0 Å². The highest BCUT2D eigenvalue weighted by atomic mass is 16.5. The Morgan fingerprint density at radius 1 is 1.03 bits per heavy atom. The number of hydrogen-bond acceptors (Lipinski definition) is 4. The number of carbonyl (C=O) groups excluding carboxylic acids is 1. The Bertz CT molecular complexity index is 938. The van der Waals surface area contributed by atoms with Gasteiger partial charge in [-0.15, -0.1) is 0 Å². The molecule has 164 valence electrons. The summed E-state index contributed by atoms with van der Waals surface area (Å²) in [4.78, 5) is 17.3. The fourth-order valence-corrected chi connectivity index (χ4v) is 5.27. The molecule has 2 aromatic rings. The minimum Gasteiger partial charge on any atom is -0.390 e. The Morgan fingerprint density at radius 2 is 1.87 bits per heavy atom. The van der Waals surface area contributed by atoms with Gasteiger partial charge in [0.25, 0.3) is 5.91 Å². The summed E-state index contributed by atoms with van der Waals surface area (Å²) in [5, 5.41) is 10.8. The van der Waals surface area contributed by atoms with E-state index in [9.17, 15) is 9.90 Å². The number of aliphatic hydroxyl groups is 1. The number of amides is 1. The molecule has 5 heteroatoms. The minimum atomic E-state index is -0.533. The molecule has 3 aliphatic heterocycles. The fourth-order valence-electron chi connectivity index (χ4n) is 5.27. The highest BCUT2D eigenvalue weighted by Gasteiger charge is 2.28. The zero-order chi connectivity index (χ0) is 21.2. The first-order valence-corrected chi connectivity index (χ1v) is 11.6. The topological polar surface area (TPSA) is 53.0 Å². The molecule has 3 heterocycles. The average molecular weight is 421 g/mol. The van der Waals surface area contributed by atoms with Crippen LogP contribution in [0.15, 0.2) is 42.5 Å². The number of β-amino-alcohol motifs (C(OH)–C–C–N with tert-alkyl or cyclic N) is 1. The van der Waals surface area contributed by atoms with Crippen LogP contribution in [-0.2, 0) is 30.5 Å². The first-order valence-electron chi connectivity index (χ1n) is 11.6. The summed E-state index contributed by atoms with van der Waals surface area (Å²) in [6.07, 6.45) is 3.42. The summed E-state index contributed by atoms with van der Waals surface area (Å²) in [5.41, 5.74) is 5.94. The molecule has 1 amide bonds. The van der Waals surface area contributed by atoms with Gasteiger partial charge in [-0.2, -0.15) is 0 Å². The number of carbonyl (C=O) groups is 1. The SMILES string of the molecule is O=C1c2cc(C[C@@H]3CCOC3)ccc2CCN1C[C@@H](O)CN1CCc2ccccc2C1. The zero-order valence-electron chi connectivity index (χ0n) is 18.1. The molecule has 0 saturated carbocycles. The van der Waals surface area contributed by atoms with E-state index in [4.69, 9.17) is 4.74 Å². The van der Waals surface area contributed by atoms with Gasteiger partial charge in [-0.3, -0.25) is 9.69 Å². The number of hydrogen-bond donors (Lipinski definition) is 1. The first-order chi connectivity index (χ1) is 15.2. The predicted molar refractivity (Wildman–Crippen MR) is 120 cm³/mol. The summed E-state index contributed by atoms with van der Waals surface area (Å²) < 4.78 is 5.50. The zero-order valence-corrected chi connectivity index (χ0v) is 18.1. The molecular weight excluding hydrogens is 388 g/mol. The molecule has 1 fully saturated rings. The van der Waals surface area contributed by atoms with Crippen molar-refractivity contribution in [3.05, 3.63) is 70.3 Å². The van der Waals surface area contributed by atoms with Crippen molar-refractivity contribution >= 4 is 5.91 Å². The molecule has 0 radical (unpaired) electrons. The van der Waals surface area contributed by atoms with Crippen molar-refractivity contribution in [1.29, 1.82) is 0 Å². The molecule has 3 aliphatic rings. The highest BCUT2D eigenvalue weighted by Crippen LogP contribution is 2.25. The maximum atomic E-state index is 13.2. The smallest absolute Gasteiger partial charge is 0.254 e. The Hall–Kier alpha value is -2.21. The van der Waals surface area contributed by atoms with Gasteiger partial charge in [-0.1, -0.05) is 36.4 Å². The van der Waals surface area contributed by atoms with Gasteiger partial charge in [-0.05, 0) is 59.9 Å². The van der Waals surface area contributed by atoms with Crippen molar-refractivity contribution < 1.29 is 14.6 Å². The van der Waals surface area contributed by atoms with Crippen LogP contribution < -0.4 is 0 Å². The van der Waals surface area contributed by atoms with E-state index in [0.717, 1.165) is 63.1 Å². The van der Waals surface area contributed by atoms with Gasteiger partial charge in [0.2, 0.25) is 0 Å². The van der Waals surface area contributed by atoms with E-state index in [-0.39, 0.29) is 5.91 Å². The molecular formula is C26H32N2O3. The normalized spacial score (nSPS) is 22.3. The maximum Gasteiger partial charge on any atom is 0.254 e. The molecule has 2 aromatic carbocycles. The molecule has 5 rings (SSSR count). The predicted octanol–water partition coefficient (Wildman–Crippen LogP) is 2.68. The number of nitrogens with zero attached hydrogens (tertiary/aromatic N) is 2. The standard InChI is InChI=1S/C26H32N2O3/c29-24(16-27-10-7-21-3-1-2-4-23(21)15-27)17-28-11-8-22-6-5-19(14-25(22)26(28)30)13-20-9-12-31-18-20/h1-6,14,20,24,29H,7-13,15-18H2/t20-,24-/m0/s1. The second-order valence-electron chi connectivity index (χ2n) is 9.33. The van der Waals surface area contributed by atoms with Crippen LogP contribution in [0, 0.1) is 5.92 Å². The molecule has 0 aromatic heterocycles. The fraction of sp³-hybridized carbons (Fsp3) is 0.500. The van der Waals surface area contributed by atoms with Crippen LogP contribution >= 0.6 is 0 Å². The lowest BCUT2D eigenvalue weighted by molar-refractivity contribution is 0.0492. The van der Waals surface area contributed by atoms with Crippen LogP contribution in [-0.4, -0.2) is 66.3 Å². The molecule has 0 spiro atoms. The van der Waals surface area contributed by atoms with Crippen LogP contribution in [0.1, 0.15) is 39.0 Å². The average Bonchev–Trinajstić information content (AvgIpc) is 3.29. The monoisotopic (exact) mass is 420 g/mol. The second-order valence-corrected chi connectivity index (χ2v) is 9.33. The quantitative estimate of drug-likeness (QED) is 0.781. The Morgan fingerprint density at radius 3 is 2.71 bits per heavy atom. The van der Waals surface area contributed by atoms with Crippen molar-refractivity contribution in [3.63, 3.8) is 0 Å². The molecule has 1 saturated heterocycles. The third-order valence-electron chi connectivity index (χ3n) is 7.00. The van der Waals surface area contributed by atoms with Gasteiger partial charge in [0.15, 0.2) is 0 Å². The van der Waals surface area contributed by atoms with Crippen molar-refractivity contribution in [1.82, 2.24) is 9.80 Å². The lowest BCUT2D eigenvalue weighted by Crippen LogP contribution is -2.46. The van der Waals surface area contributed by atoms with Crippen molar-refractivity contribution in [3.8, 4) is 0 Å². The van der Waals surface area contributed by atoms with Crippen LogP contribution in [0.4, 0.5) is 0 Å². The van der Waals surface area contributed by atoms with Gasteiger partial charge >= 0.3 is 0 Å². The third-order valence-corrected chi connectivity index (χ3v) is 7.00. The van der Waals surface area contributed by atoms with Gasteiger partial charge in [-0.25, -0.2) is 0 Å². The van der Waals surface area contributed by atoms with Gasteiger partial charge in [0.1, 0.15) is 0 Å². The van der Waals surface area contributed by atoms with E-state index in [0.29, 0.717) is 25.6 Å². The molecule has 2 atom stereocenters. The molecule has 5 nitrogen and oxygen atoms in total. The highest BCUT2D eigenvalue weighted by molar-refractivity contribution is 5.97. The number of rotatable bonds is 6. The summed E-state index contributed by atoms with van der Waals surface area (Å²) in [7, 11) is 0. The minimum absolute atomic E-state index is 0.0637. The summed E-state index contributed by atoms with van der Waals surface area (Å²) >= 11 is 0. The van der Waals surface area contributed by atoms with Crippen LogP contribution in [0.2, 0.25) is 0 Å². The molecule has 0 bridgehead atoms. The van der Waals surface area contributed by atoms with Crippen LogP contribution in [0.3, 0.4) is 0 Å². The summed E-state index contributed by atoms with van der Waals surface area (Å²) in [6.45, 7) is 5.19. The van der Waals surface area contributed by atoms with E-state index in [1.807, 2.05) is 4.90 Å². The van der Waals surface area contributed by atoms with Crippen molar-refractivity contribution in [2.75, 3.05) is 39.4 Å². The van der Waals surface area contributed by atoms with Crippen LogP contribution in [0.25, 0.3) is 0 Å². The molecule has 1 N–H and O–H groups in total. The van der Waals surface area contributed by atoms with E-state index < -0.39 is 6.10 Å². The Kier molecular flexibility index (Phi) is 6.08. The molecule has 31 heavy (non-hydrogen) atoms. The molecule has 0 unspecified atom stereocenters. The first kappa shape index (κ1) is 20.7. The Labute approximate surface area is 184 Å². The van der Waals surface area contributed by atoms with Gasteiger partial charge in [0.05, 0.1) is 6.10 Å². The number of aliphatic hydroxyl groups excluding tert-OH is 1. The number of ether oxygens (including phenoxy) is 1. The largest absolute Gasteiger partial charge is 0.390 e. The number of fused-ring (bicyclic) bond motifs is 2. The van der Waals surface area contributed by atoms with E-state index in [2.05, 4.69) is 47.4 Å². The lowest BCUT2D eigenvalue weighted by Gasteiger charge is -2.34. The maximum absolute atomic E-state index is 13.2.